The molecule has 23 heavy (non-hydrogen) atoms. The van der Waals surface area contributed by atoms with Crippen molar-refractivity contribution in [1.29, 1.82) is 0 Å². The average molecular weight is 322 g/mol. The zero-order valence-corrected chi connectivity index (χ0v) is 14.9. The van der Waals surface area contributed by atoms with Gasteiger partial charge in [0.05, 0.1) is 0 Å². The molecular weight excluding hydrogens is 286 g/mol. The van der Waals surface area contributed by atoms with Crippen LogP contribution in [0.2, 0.25) is 0 Å². The van der Waals surface area contributed by atoms with Crippen molar-refractivity contribution in [2.24, 2.45) is 0 Å². The number of nitrogens with zero attached hydrogens (tertiary/aromatic N) is 2. The fraction of sp³-hybridized carbons (Fsp3) is 0.947. The van der Waals surface area contributed by atoms with E-state index in [0.717, 1.165) is 13.0 Å². The van der Waals surface area contributed by atoms with E-state index in [2.05, 4.69) is 22.0 Å². The molecule has 0 aromatic rings. The van der Waals surface area contributed by atoms with Crippen LogP contribution in [0.15, 0.2) is 0 Å². The van der Waals surface area contributed by atoms with Crippen molar-refractivity contribution in [3.8, 4) is 0 Å². The van der Waals surface area contributed by atoms with Gasteiger partial charge in [0.15, 0.2) is 0 Å². The highest BCUT2D eigenvalue weighted by molar-refractivity contribution is 5.79. The van der Waals surface area contributed by atoms with Crippen molar-refractivity contribution in [3.63, 3.8) is 0 Å². The van der Waals surface area contributed by atoms with E-state index in [9.17, 15) is 4.79 Å². The second-order valence-electron chi connectivity index (χ2n) is 7.88. The molecule has 2 heterocycles. The number of amides is 1. The molecule has 1 aliphatic carbocycles. The smallest absolute Gasteiger partial charge is 0.224 e. The lowest BCUT2D eigenvalue weighted by molar-refractivity contribution is -0.129. The molecule has 1 atom stereocenters. The van der Waals surface area contributed by atoms with Crippen molar-refractivity contribution < 1.29 is 4.79 Å². The van der Waals surface area contributed by atoms with Gasteiger partial charge in [-0.05, 0) is 51.7 Å². The van der Waals surface area contributed by atoms with Crippen LogP contribution < -0.4 is 5.32 Å². The maximum absolute atomic E-state index is 12.5. The quantitative estimate of drug-likeness (QED) is 0.791. The molecule has 0 radical (unpaired) electrons. The first-order chi connectivity index (χ1) is 11.3. The highest BCUT2D eigenvalue weighted by Crippen LogP contribution is 2.26. The van der Waals surface area contributed by atoms with Crippen molar-refractivity contribution in [3.05, 3.63) is 0 Å². The topological polar surface area (TPSA) is 35.6 Å². The minimum atomic E-state index is 0.397. The molecule has 3 fully saturated rings. The monoisotopic (exact) mass is 321 g/mol. The van der Waals surface area contributed by atoms with Gasteiger partial charge in [-0.3, -0.25) is 4.79 Å². The number of hydrogen-bond acceptors (Lipinski definition) is 3. The number of hydrogen-bond donors (Lipinski definition) is 1. The minimum Gasteiger partial charge on any atom is -0.338 e. The Morgan fingerprint density at radius 2 is 1.70 bits per heavy atom. The molecule has 0 spiro atoms. The van der Waals surface area contributed by atoms with Crippen LogP contribution in [-0.2, 0) is 4.79 Å². The lowest BCUT2D eigenvalue weighted by atomic mass is 10.0. The third-order valence-corrected chi connectivity index (χ3v) is 6.02. The van der Waals surface area contributed by atoms with Gasteiger partial charge in [0.1, 0.15) is 0 Å². The number of carbonyl (C=O) groups excluding carboxylic acids is 1. The van der Waals surface area contributed by atoms with E-state index in [1.54, 1.807) is 0 Å². The predicted molar refractivity (Wildman–Crippen MR) is 94.5 cm³/mol. The fourth-order valence-electron chi connectivity index (χ4n) is 4.74. The molecule has 132 valence electrons. The third-order valence-electron chi connectivity index (χ3n) is 6.02. The van der Waals surface area contributed by atoms with Gasteiger partial charge in [-0.25, -0.2) is 0 Å². The van der Waals surface area contributed by atoms with E-state index in [1.165, 1.54) is 77.4 Å². The molecule has 4 heteroatoms. The zero-order valence-electron chi connectivity index (χ0n) is 14.9. The number of carbonyl (C=O) groups is 1. The summed E-state index contributed by atoms with van der Waals surface area (Å²) in [6, 6.07) is 1.55. The molecule has 0 aromatic heterocycles. The van der Waals surface area contributed by atoms with Crippen molar-refractivity contribution in [1.82, 2.24) is 15.1 Å². The van der Waals surface area contributed by atoms with Crippen molar-refractivity contribution >= 4 is 5.91 Å². The molecule has 4 nitrogen and oxygen atoms in total. The lowest BCUT2D eigenvalue weighted by Gasteiger charge is -2.34. The zero-order chi connectivity index (χ0) is 16.1. The molecule has 2 saturated heterocycles. The van der Waals surface area contributed by atoms with Gasteiger partial charge < -0.3 is 15.1 Å². The molecule has 0 aromatic carbocycles. The van der Waals surface area contributed by atoms with Gasteiger partial charge in [0.25, 0.3) is 0 Å². The Morgan fingerprint density at radius 1 is 1.00 bits per heavy atom. The SMILES string of the molecule is CCCN1CCC(N[C@H]2CC(=O)N(C3CCCCCC3)C2)CC1. The molecule has 0 bridgehead atoms. The predicted octanol–water partition coefficient (Wildman–Crippen LogP) is 2.77. The molecular formula is C19H35N3O. The Morgan fingerprint density at radius 3 is 2.35 bits per heavy atom. The Labute approximate surface area is 142 Å². The van der Waals surface area contributed by atoms with E-state index in [-0.39, 0.29) is 0 Å². The van der Waals surface area contributed by atoms with E-state index in [4.69, 9.17) is 0 Å². The van der Waals surface area contributed by atoms with Gasteiger partial charge in [-0.15, -0.1) is 0 Å². The van der Waals surface area contributed by atoms with Gasteiger partial charge in [0.2, 0.25) is 5.91 Å². The molecule has 1 amide bonds. The van der Waals surface area contributed by atoms with Crippen LogP contribution in [0.4, 0.5) is 0 Å². The van der Waals surface area contributed by atoms with Crippen molar-refractivity contribution in [2.75, 3.05) is 26.2 Å². The van der Waals surface area contributed by atoms with Crippen molar-refractivity contribution in [2.45, 2.75) is 89.3 Å². The summed E-state index contributed by atoms with van der Waals surface area (Å²) in [4.78, 5) is 17.2. The Kier molecular flexibility index (Phi) is 6.35. The van der Waals surface area contributed by atoms with Gasteiger partial charge in [-0.1, -0.05) is 32.6 Å². The summed E-state index contributed by atoms with van der Waals surface area (Å²) in [6.07, 6.45) is 12.3. The van der Waals surface area contributed by atoms with Crippen LogP contribution in [0.3, 0.4) is 0 Å². The van der Waals surface area contributed by atoms with E-state index in [1.807, 2.05) is 0 Å². The largest absolute Gasteiger partial charge is 0.338 e. The second kappa shape index (κ2) is 8.48. The van der Waals surface area contributed by atoms with Gasteiger partial charge >= 0.3 is 0 Å². The third kappa shape index (κ3) is 4.69. The number of nitrogens with one attached hydrogen (secondary N) is 1. The summed E-state index contributed by atoms with van der Waals surface area (Å²) in [5, 5.41) is 3.81. The Balaban J connectivity index is 1.44. The normalized spacial score (nSPS) is 29.2. The summed E-state index contributed by atoms with van der Waals surface area (Å²) in [5.41, 5.74) is 0. The van der Waals surface area contributed by atoms with Crippen LogP contribution in [0.1, 0.15) is 71.1 Å². The Hall–Kier alpha value is -0.610. The molecule has 1 saturated carbocycles. The molecule has 3 aliphatic rings. The summed E-state index contributed by atoms with van der Waals surface area (Å²) < 4.78 is 0. The second-order valence-corrected chi connectivity index (χ2v) is 7.88. The highest BCUT2D eigenvalue weighted by atomic mass is 16.2. The van der Waals surface area contributed by atoms with Gasteiger partial charge in [-0.2, -0.15) is 0 Å². The summed E-state index contributed by atoms with van der Waals surface area (Å²) >= 11 is 0. The number of piperidine rings is 1. The maximum atomic E-state index is 12.5. The van der Waals surface area contributed by atoms with Crippen LogP contribution in [0.25, 0.3) is 0 Å². The first kappa shape index (κ1) is 17.2. The summed E-state index contributed by atoms with van der Waals surface area (Å²) in [7, 11) is 0. The molecule has 0 unspecified atom stereocenters. The minimum absolute atomic E-state index is 0.397. The molecule has 2 aliphatic heterocycles. The standard InChI is InChI=1S/C19H35N3O/c1-2-11-21-12-9-16(10-13-21)20-17-14-19(23)22(15-17)18-7-5-3-4-6-8-18/h16-18,20H,2-15H2,1H3/t17-/m0/s1. The van der Waals surface area contributed by atoms with Gasteiger partial charge in [0, 0.05) is 31.1 Å². The van der Waals surface area contributed by atoms with E-state index >= 15 is 0 Å². The van der Waals surface area contributed by atoms with E-state index in [0.29, 0.717) is 24.0 Å². The molecule has 1 N–H and O–H groups in total. The Bertz CT molecular complexity index is 371. The summed E-state index contributed by atoms with van der Waals surface area (Å²) in [6.45, 7) is 6.90. The summed E-state index contributed by atoms with van der Waals surface area (Å²) in [5.74, 6) is 0.401. The van der Waals surface area contributed by atoms with Crippen LogP contribution in [0, 0.1) is 0 Å². The lowest BCUT2D eigenvalue weighted by Crippen LogP contribution is -2.47. The van der Waals surface area contributed by atoms with Crippen LogP contribution in [-0.4, -0.2) is 60.0 Å². The first-order valence-electron chi connectivity index (χ1n) is 10.0. The maximum Gasteiger partial charge on any atom is 0.224 e. The van der Waals surface area contributed by atoms with Crippen LogP contribution >= 0.6 is 0 Å². The molecule has 3 rings (SSSR count). The fourth-order valence-corrected chi connectivity index (χ4v) is 4.74. The van der Waals surface area contributed by atoms with Crippen LogP contribution in [0.5, 0.6) is 0 Å². The average Bonchev–Trinajstić information content (AvgIpc) is 2.76. The highest BCUT2D eigenvalue weighted by Gasteiger charge is 2.35. The number of rotatable bonds is 5. The van der Waals surface area contributed by atoms with E-state index < -0.39 is 0 Å². The number of likely N-dealkylation sites (tertiary alicyclic amines) is 2. The first-order valence-corrected chi connectivity index (χ1v) is 10.0.